The molecule has 1 saturated heterocycles. The summed E-state index contributed by atoms with van der Waals surface area (Å²) in [4.78, 5) is 47.9. The van der Waals surface area contributed by atoms with E-state index >= 15 is 0 Å². The molecule has 1 amide bonds. The maximum atomic E-state index is 12.9. The third kappa shape index (κ3) is 4.51. The Hall–Kier alpha value is -2.16. The van der Waals surface area contributed by atoms with Gasteiger partial charge in [0, 0.05) is 12.5 Å². The monoisotopic (exact) mass is 370 g/mol. The van der Waals surface area contributed by atoms with Crippen molar-refractivity contribution in [2.75, 3.05) is 0 Å². The zero-order valence-corrected chi connectivity index (χ0v) is 14.8. The number of nitrogens with zero attached hydrogens (tertiary/aromatic N) is 1. The molecule has 4 N–H and O–H groups in total. The van der Waals surface area contributed by atoms with E-state index in [-0.39, 0.29) is 24.8 Å². The van der Waals surface area contributed by atoms with Crippen LogP contribution in [0.15, 0.2) is 0 Å². The highest BCUT2D eigenvalue weighted by Gasteiger charge is 2.48. The summed E-state index contributed by atoms with van der Waals surface area (Å²) in [5, 5.41) is 30.1. The number of amides is 1. The van der Waals surface area contributed by atoms with Crippen LogP contribution in [0.25, 0.3) is 0 Å². The second kappa shape index (κ2) is 8.48. The average molecular weight is 370 g/mol. The van der Waals surface area contributed by atoms with Gasteiger partial charge in [-0.15, -0.1) is 0 Å². The summed E-state index contributed by atoms with van der Waals surface area (Å²) < 4.78 is 0. The zero-order chi connectivity index (χ0) is 19.4. The molecule has 0 aromatic carbocycles. The Morgan fingerprint density at radius 3 is 2.35 bits per heavy atom. The molecule has 1 aliphatic heterocycles. The molecule has 26 heavy (non-hydrogen) atoms. The van der Waals surface area contributed by atoms with Gasteiger partial charge in [0.1, 0.15) is 12.1 Å². The van der Waals surface area contributed by atoms with Crippen molar-refractivity contribution < 1.29 is 34.5 Å². The third-order valence-corrected chi connectivity index (χ3v) is 5.39. The molecule has 1 saturated carbocycles. The van der Waals surface area contributed by atoms with E-state index in [1.165, 1.54) is 11.8 Å². The first-order chi connectivity index (χ1) is 12.2. The summed E-state index contributed by atoms with van der Waals surface area (Å²) in [5.41, 5.74) is 0. The summed E-state index contributed by atoms with van der Waals surface area (Å²) in [6, 6.07) is -3.10. The van der Waals surface area contributed by atoms with E-state index in [1.54, 1.807) is 0 Å². The van der Waals surface area contributed by atoms with Gasteiger partial charge in [-0.3, -0.25) is 19.7 Å². The van der Waals surface area contributed by atoms with Crippen molar-refractivity contribution in [2.24, 2.45) is 5.92 Å². The minimum absolute atomic E-state index is 0.121. The SMILES string of the molecule is CC(N[C@@H](CCC(=O)O)C(=O)O)C(=O)N1C2CCCCC2C[C@H]1C(=O)O. The van der Waals surface area contributed by atoms with Crippen LogP contribution in [0.2, 0.25) is 0 Å². The normalized spacial score (nSPS) is 27.4. The minimum atomic E-state index is -1.24. The second-order valence-electron chi connectivity index (χ2n) is 7.16. The number of rotatable bonds is 8. The molecule has 146 valence electrons. The Labute approximate surface area is 151 Å². The van der Waals surface area contributed by atoms with Gasteiger partial charge in [-0.25, -0.2) is 4.79 Å². The Morgan fingerprint density at radius 2 is 1.77 bits per heavy atom. The van der Waals surface area contributed by atoms with Crippen LogP contribution in [-0.4, -0.2) is 68.2 Å². The van der Waals surface area contributed by atoms with Gasteiger partial charge in [0.05, 0.1) is 6.04 Å². The lowest BCUT2D eigenvalue weighted by molar-refractivity contribution is -0.151. The fraction of sp³-hybridized carbons (Fsp3) is 0.765. The van der Waals surface area contributed by atoms with Gasteiger partial charge in [-0.2, -0.15) is 0 Å². The maximum absolute atomic E-state index is 12.9. The van der Waals surface area contributed by atoms with Crippen LogP contribution < -0.4 is 5.32 Å². The lowest BCUT2D eigenvalue weighted by Crippen LogP contribution is -2.55. The van der Waals surface area contributed by atoms with Crippen LogP contribution in [-0.2, 0) is 19.2 Å². The molecule has 0 spiro atoms. The average Bonchev–Trinajstić information content (AvgIpc) is 2.97. The molecule has 2 aliphatic rings. The summed E-state index contributed by atoms with van der Waals surface area (Å²) in [7, 11) is 0. The Balaban J connectivity index is 2.09. The number of nitrogens with one attached hydrogen (secondary N) is 1. The summed E-state index contributed by atoms with van der Waals surface area (Å²) in [5.74, 6) is -3.66. The van der Waals surface area contributed by atoms with Crippen molar-refractivity contribution in [3.63, 3.8) is 0 Å². The molecule has 5 atom stereocenters. The zero-order valence-electron chi connectivity index (χ0n) is 14.8. The quantitative estimate of drug-likeness (QED) is 0.484. The van der Waals surface area contributed by atoms with Crippen LogP contribution in [0, 0.1) is 5.92 Å². The van der Waals surface area contributed by atoms with Gasteiger partial charge in [-0.05, 0) is 38.5 Å². The molecule has 1 heterocycles. The fourth-order valence-electron chi connectivity index (χ4n) is 4.14. The van der Waals surface area contributed by atoms with Crippen LogP contribution >= 0.6 is 0 Å². The predicted molar refractivity (Wildman–Crippen MR) is 89.5 cm³/mol. The van der Waals surface area contributed by atoms with Gasteiger partial charge in [-0.1, -0.05) is 12.8 Å². The highest BCUT2D eigenvalue weighted by atomic mass is 16.4. The number of carbonyl (C=O) groups is 4. The number of hydrogen-bond acceptors (Lipinski definition) is 5. The predicted octanol–water partition coefficient (Wildman–Crippen LogP) is 0.527. The molecule has 9 heteroatoms. The molecule has 2 fully saturated rings. The van der Waals surface area contributed by atoms with Crippen molar-refractivity contribution in [1.82, 2.24) is 10.2 Å². The Morgan fingerprint density at radius 1 is 1.12 bits per heavy atom. The van der Waals surface area contributed by atoms with Crippen molar-refractivity contribution in [3.8, 4) is 0 Å². The van der Waals surface area contributed by atoms with Gasteiger partial charge in [0.2, 0.25) is 5.91 Å². The number of aliphatic carboxylic acids is 3. The molecule has 0 radical (unpaired) electrons. The van der Waals surface area contributed by atoms with E-state index in [9.17, 15) is 29.4 Å². The lowest BCUT2D eigenvalue weighted by atomic mass is 9.84. The van der Waals surface area contributed by atoms with Gasteiger partial charge < -0.3 is 20.2 Å². The Bertz CT molecular complexity index is 579. The van der Waals surface area contributed by atoms with E-state index in [0.29, 0.717) is 6.42 Å². The molecule has 0 aromatic heterocycles. The van der Waals surface area contributed by atoms with Crippen LogP contribution in [0.4, 0.5) is 0 Å². The number of carboxylic acid groups (broad SMARTS) is 3. The molecule has 0 bridgehead atoms. The van der Waals surface area contributed by atoms with Crippen molar-refractivity contribution >= 4 is 23.8 Å². The van der Waals surface area contributed by atoms with Crippen LogP contribution in [0.3, 0.4) is 0 Å². The van der Waals surface area contributed by atoms with Gasteiger partial charge in [0.15, 0.2) is 0 Å². The molecular weight excluding hydrogens is 344 g/mol. The lowest BCUT2D eigenvalue weighted by Gasteiger charge is -2.35. The number of hydrogen-bond donors (Lipinski definition) is 4. The molecule has 2 rings (SSSR count). The molecule has 9 nitrogen and oxygen atoms in total. The van der Waals surface area contributed by atoms with E-state index in [0.717, 1.165) is 25.7 Å². The maximum Gasteiger partial charge on any atom is 0.326 e. The smallest absolute Gasteiger partial charge is 0.326 e. The van der Waals surface area contributed by atoms with E-state index in [1.807, 2.05) is 0 Å². The largest absolute Gasteiger partial charge is 0.481 e. The topological polar surface area (TPSA) is 144 Å². The van der Waals surface area contributed by atoms with Crippen LogP contribution in [0.1, 0.15) is 51.9 Å². The number of likely N-dealkylation sites (tertiary alicyclic amines) is 1. The number of carbonyl (C=O) groups excluding carboxylic acids is 1. The highest BCUT2D eigenvalue weighted by molar-refractivity contribution is 5.88. The van der Waals surface area contributed by atoms with E-state index < -0.39 is 41.9 Å². The van der Waals surface area contributed by atoms with Crippen molar-refractivity contribution in [1.29, 1.82) is 0 Å². The first-order valence-electron chi connectivity index (χ1n) is 8.98. The molecule has 3 unspecified atom stereocenters. The number of fused-ring (bicyclic) bond motifs is 1. The van der Waals surface area contributed by atoms with Gasteiger partial charge in [0.25, 0.3) is 0 Å². The van der Waals surface area contributed by atoms with Crippen LogP contribution in [0.5, 0.6) is 0 Å². The van der Waals surface area contributed by atoms with Crippen molar-refractivity contribution in [3.05, 3.63) is 0 Å². The standard InChI is InChI=1S/C17H26N2O7/c1-9(18-11(16(23)24)6-7-14(20)21)15(22)19-12-5-3-2-4-10(12)8-13(19)17(25)26/h9-13,18H,2-8H2,1H3,(H,20,21)(H,23,24)(H,25,26)/t9?,10?,11-,12?,13-/m0/s1. The van der Waals surface area contributed by atoms with E-state index in [2.05, 4.69) is 5.32 Å². The van der Waals surface area contributed by atoms with Crippen molar-refractivity contribution in [2.45, 2.75) is 76.0 Å². The second-order valence-corrected chi connectivity index (χ2v) is 7.16. The molecule has 0 aromatic rings. The molecular formula is C17H26N2O7. The van der Waals surface area contributed by atoms with Gasteiger partial charge >= 0.3 is 17.9 Å². The Kier molecular flexibility index (Phi) is 6.57. The summed E-state index contributed by atoms with van der Waals surface area (Å²) >= 11 is 0. The highest BCUT2D eigenvalue weighted by Crippen LogP contribution is 2.40. The summed E-state index contributed by atoms with van der Waals surface area (Å²) in [6.07, 6.45) is 3.56. The first kappa shape index (κ1) is 20.2. The number of carboxylic acids is 3. The molecule has 1 aliphatic carbocycles. The third-order valence-electron chi connectivity index (χ3n) is 5.39. The first-order valence-corrected chi connectivity index (χ1v) is 8.98. The fourth-order valence-corrected chi connectivity index (χ4v) is 4.14. The van der Waals surface area contributed by atoms with E-state index in [4.69, 9.17) is 5.11 Å². The summed E-state index contributed by atoms with van der Waals surface area (Å²) in [6.45, 7) is 1.49. The minimum Gasteiger partial charge on any atom is -0.481 e.